The summed E-state index contributed by atoms with van der Waals surface area (Å²) >= 11 is 0. The third-order valence-electron chi connectivity index (χ3n) is 5.15. The van der Waals surface area contributed by atoms with Crippen molar-refractivity contribution < 1.29 is 18.8 Å². The normalized spacial score (nSPS) is 16.6. The van der Waals surface area contributed by atoms with Crippen molar-refractivity contribution in [1.29, 1.82) is 0 Å². The molecule has 0 aromatic heterocycles. The van der Waals surface area contributed by atoms with E-state index in [1.165, 1.54) is 6.07 Å². The van der Waals surface area contributed by atoms with Crippen LogP contribution in [0.3, 0.4) is 0 Å². The maximum Gasteiger partial charge on any atom is 0.243 e. The lowest BCUT2D eigenvalue weighted by Crippen LogP contribution is -2.57. The van der Waals surface area contributed by atoms with E-state index in [0.717, 1.165) is 0 Å². The molecule has 0 radical (unpaired) electrons. The Morgan fingerprint density at radius 3 is 2.65 bits per heavy atom. The van der Waals surface area contributed by atoms with E-state index in [2.05, 4.69) is 10.6 Å². The number of amides is 2. The molecule has 2 N–H and O–H groups in total. The second-order valence-electron chi connectivity index (χ2n) is 8.97. The van der Waals surface area contributed by atoms with Crippen molar-refractivity contribution in [1.82, 2.24) is 10.2 Å². The highest BCUT2D eigenvalue weighted by Gasteiger charge is 2.30. The molecule has 31 heavy (non-hydrogen) atoms. The molecule has 0 unspecified atom stereocenters. The number of hydrogen-bond donors (Lipinski definition) is 2. The number of rotatable bonds is 5. The van der Waals surface area contributed by atoms with Crippen LogP contribution >= 0.6 is 0 Å². The van der Waals surface area contributed by atoms with Crippen LogP contribution in [0.1, 0.15) is 37.6 Å². The SMILES string of the molecule is CC(C)(C)CC(=O)N1CCN[C@H](C(=O)Nc2ccc(-c3ccccc3F)cc2C=O)C1. The lowest BCUT2D eigenvalue weighted by Gasteiger charge is -2.34. The summed E-state index contributed by atoms with van der Waals surface area (Å²) < 4.78 is 14.1. The highest BCUT2D eigenvalue weighted by molar-refractivity contribution is 6.00. The lowest BCUT2D eigenvalue weighted by molar-refractivity contribution is -0.135. The molecule has 1 saturated heterocycles. The van der Waals surface area contributed by atoms with Gasteiger partial charge in [0.05, 0.1) is 5.69 Å². The Labute approximate surface area is 181 Å². The minimum Gasteiger partial charge on any atom is -0.339 e. The van der Waals surface area contributed by atoms with Crippen molar-refractivity contribution in [3.63, 3.8) is 0 Å². The van der Waals surface area contributed by atoms with Gasteiger partial charge >= 0.3 is 0 Å². The third-order valence-corrected chi connectivity index (χ3v) is 5.15. The molecular weight excluding hydrogens is 397 g/mol. The van der Waals surface area contributed by atoms with Gasteiger partial charge in [-0.1, -0.05) is 45.0 Å². The number of halogens is 1. The maximum atomic E-state index is 14.1. The average molecular weight is 426 g/mol. The van der Waals surface area contributed by atoms with E-state index in [0.29, 0.717) is 42.6 Å². The number of anilines is 1. The molecule has 7 heteroatoms. The van der Waals surface area contributed by atoms with Gasteiger partial charge in [-0.05, 0) is 29.2 Å². The van der Waals surface area contributed by atoms with Gasteiger partial charge in [0.25, 0.3) is 0 Å². The topological polar surface area (TPSA) is 78.5 Å². The monoisotopic (exact) mass is 425 g/mol. The molecule has 1 atom stereocenters. The van der Waals surface area contributed by atoms with Crippen LogP contribution in [-0.2, 0) is 9.59 Å². The van der Waals surface area contributed by atoms with Gasteiger partial charge in [0.15, 0.2) is 6.29 Å². The summed E-state index contributed by atoms with van der Waals surface area (Å²) in [7, 11) is 0. The van der Waals surface area contributed by atoms with Crippen molar-refractivity contribution in [2.24, 2.45) is 5.41 Å². The zero-order chi connectivity index (χ0) is 22.6. The Bertz CT molecular complexity index is 984. The second kappa shape index (κ2) is 9.39. The Kier molecular flexibility index (Phi) is 6.85. The van der Waals surface area contributed by atoms with E-state index in [4.69, 9.17) is 0 Å². The minimum absolute atomic E-state index is 0.0228. The van der Waals surface area contributed by atoms with Gasteiger partial charge in [0.1, 0.15) is 11.9 Å². The standard InChI is InChI=1S/C24H28FN3O3/c1-24(2,3)13-22(30)28-11-10-26-21(14-28)23(31)27-20-9-8-16(12-17(20)15-29)18-6-4-5-7-19(18)25/h4-9,12,15,21,26H,10-11,13-14H2,1-3H3,(H,27,31)/t21-/m0/s1. The predicted molar refractivity (Wildman–Crippen MR) is 118 cm³/mol. The van der Waals surface area contributed by atoms with Crippen LogP contribution in [0.5, 0.6) is 0 Å². The second-order valence-corrected chi connectivity index (χ2v) is 8.97. The molecule has 164 valence electrons. The molecule has 2 amide bonds. The molecule has 0 saturated carbocycles. The number of nitrogens with zero attached hydrogens (tertiary/aromatic N) is 1. The largest absolute Gasteiger partial charge is 0.339 e. The molecule has 2 aromatic rings. The number of nitrogens with one attached hydrogen (secondary N) is 2. The van der Waals surface area contributed by atoms with Gasteiger partial charge in [0.2, 0.25) is 11.8 Å². The van der Waals surface area contributed by atoms with Crippen molar-refractivity contribution in [2.75, 3.05) is 25.0 Å². The fourth-order valence-electron chi connectivity index (χ4n) is 3.57. The summed E-state index contributed by atoms with van der Waals surface area (Å²) in [6.07, 6.45) is 1.04. The van der Waals surface area contributed by atoms with E-state index in [-0.39, 0.29) is 35.2 Å². The molecule has 2 aromatic carbocycles. The van der Waals surface area contributed by atoms with E-state index >= 15 is 0 Å². The number of carbonyl (C=O) groups is 3. The quantitative estimate of drug-likeness (QED) is 0.719. The van der Waals surface area contributed by atoms with Crippen molar-refractivity contribution in [3.05, 3.63) is 53.8 Å². The van der Waals surface area contributed by atoms with Gasteiger partial charge in [-0.15, -0.1) is 0 Å². The van der Waals surface area contributed by atoms with Gasteiger partial charge in [-0.2, -0.15) is 0 Å². The summed E-state index contributed by atoms with van der Waals surface area (Å²) in [4.78, 5) is 38.7. The van der Waals surface area contributed by atoms with E-state index in [1.807, 2.05) is 20.8 Å². The van der Waals surface area contributed by atoms with Crippen LogP contribution in [0.15, 0.2) is 42.5 Å². The first kappa shape index (κ1) is 22.6. The van der Waals surface area contributed by atoms with Gasteiger partial charge in [0, 0.05) is 37.2 Å². The van der Waals surface area contributed by atoms with Crippen LogP contribution in [0.4, 0.5) is 10.1 Å². The summed E-state index contributed by atoms with van der Waals surface area (Å²) in [5, 5.41) is 5.89. The van der Waals surface area contributed by atoms with Gasteiger partial charge < -0.3 is 15.5 Å². The number of piperazine rings is 1. The number of benzene rings is 2. The van der Waals surface area contributed by atoms with Crippen LogP contribution in [0.25, 0.3) is 11.1 Å². The molecule has 0 spiro atoms. The average Bonchev–Trinajstić information content (AvgIpc) is 2.73. The molecule has 1 aliphatic heterocycles. The molecular formula is C24H28FN3O3. The zero-order valence-corrected chi connectivity index (χ0v) is 18.1. The maximum absolute atomic E-state index is 14.1. The van der Waals surface area contributed by atoms with E-state index in [9.17, 15) is 18.8 Å². The third kappa shape index (κ3) is 5.76. The first-order valence-corrected chi connectivity index (χ1v) is 10.3. The fraction of sp³-hybridized carbons (Fsp3) is 0.375. The molecule has 1 aliphatic rings. The fourth-order valence-corrected chi connectivity index (χ4v) is 3.57. The van der Waals surface area contributed by atoms with Crippen LogP contribution in [0, 0.1) is 11.2 Å². The minimum atomic E-state index is -0.580. The van der Waals surface area contributed by atoms with E-state index in [1.54, 1.807) is 41.3 Å². The Balaban J connectivity index is 1.72. The molecule has 1 heterocycles. The predicted octanol–water partition coefficient (Wildman–Crippen LogP) is 3.48. The molecule has 6 nitrogen and oxygen atoms in total. The summed E-state index contributed by atoms with van der Waals surface area (Å²) in [6, 6.07) is 10.5. The summed E-state index contributed by atoms with van der Waals surface area (Å²) in [5.41, 5.74) is 1.41. The number of aldehydes is 1. The molecule has 3 rings (SSSR count). The zero-order valence-electron chi connectivity index (χ0n) is 18.1. The van der Waals surface area contributed by atoms with Crippen molar-refractivity contribution >= 4 is 23.8 Å². The Morgan fingerprint density at radius 1 is 1.23 bits per heavy atom. The van der Waals surface area contributed by atoms with Crippen LogP contribution < -0.4 is 10.6 Å². The van der Waals surface area contributed by atoms with E-state index < -0.39 is 6.04 Å². The Hall–Kier alpha value is -3.06. The first-order chi connectivity index (χ1) is 14.7. The lowest BCUT2D eigenvalue weighted by atomic mass is 9.91. The molecule has 1 fully saturated rings. The van der Waals surface area contributed by atoms with Gasteiger partial charge in [-0.25, -0.2) is 4.39 Å². The van der Waals surface area contributed by atoms with Crippen LogP contribution in [-0.4, -0.2) is 48.7 Å². The first-order valence-electron chi connectivity index (χ1n) is 10.3. The van der Waals surface area contributed by atoms with Gasteiger partial charge in [-0.3, -0.25) is 14.4 Å². The van der Waals surface area contributed by atoms with Crippen LogP contribution in [0.2, 0.25) is 0 Å². The Morgan fingerprint density at radius 2 is 1.97 bits per heavy atom. The van der Waals surface area contributed by atoms with Crippen molar-refractivity contribution in [2.45, 2.75) is 33.2 Å². The molecule has 0 aliphatic carbocycles. The smallest absolute Gasteiger partial charge is 0.243 e. The van der Waals surface area contributed by atoms with Crippen molar-refractivity contribution in [3.8, 4) is 11.1 Å². The number of carbonyl (C=O) groups excluding carboxylic acids is 3. The molecule has 0 bridgehead atoms. The highest BCUT2D eigenvalue weighted by atomic mass is 19.1. The highest BCUT2D eigenvalue weighted by Crippen LogP contribution is 2.27. The summed E-state index contributed by atoms with van der Waals surface area (Å²) in [6.45, 7) is 7.34. The summed E-state index contributed by atoms with van der Waals surface area (Å²) in [5.74, 6) is -0.688. The number of hydrogen-bond acceptors (Lipinski definition) is 4.